The first-order valence-corrected chi connectivity index (χ1v) is 13.9. The molecule has 5 rings (SSSR count). The zero-order valence-corrected chi connectivity index (χ0v) is 23.2. The van der Waals surface area contributed by atoms with Gasteiger partial charge in [-0.25, -0.2) is 15.0 Å². The van der Waals surface area contributed by atoms with Gasteiger partial charge < -0.3 is 15.3 Å². The number of nitrogens with one attached hydrogen (secondary N) is 1. The molecule has 0 aliphatic carbocycles. The van der Waals surface area contributed by atoms with Crippen LogP contribution in [0.2, 0.25) is 0 Å². The Hall–Kier alpha value is -3.80. The summed E-state index contributed by atoms with van der Waals surface area (Å²) in [5, 5.41) is 24.1. The Morgan fingerprint density at radius 2 is 1.77 bits per heavy atom. The second-order valence-electron chi connectivity index (χ2n) is 10.7. The summed E-state index contributed by atoms with van der Waals surface area (Å²) in [5.41, 5.74) is 5.74. The number of hydrogen-bond acceptors (Lipinski definition) is 7. The number of aryl methyl sites for hydroxylation is 1. The van der Waals surface area contributed by atoms with E-state index in [1.54, 1.807) is 12.4 Å². The van der Waals surface area contributed by atoms with E-state index in [2.05, 4.69) is 72.1 Å². The highest BCUT2D eigenvalue weighted by Gasteiger charge is 2.27. The second kappa shape index (κ2) is 11.5. The lowest BCUT2D eigenvalue weighted by Gasteiger charge is -2.36. The van der Waals surface area contributed by atoms with Crippen LogP contribution in [0.5, 0.6) is 0 Å². The summed E-state index contributed by atoms with van der Waals surface area (Å²) >= 11 is 0. The largest absolute Gasteiger partial charge is 0.388 e. The van der Waals surface area contributed by atoms with Crippen LogP contribution in [0.1, 0.15) is 74.9 Å². The lowest BCUT2D eigenvalue weighted by Crippen LogP contribution is -2.39. The van der Waals surface area contributed by atoms with Gasteiger partial charge in [-0.3, -0.25) is 4.40 Å². The van der Waals surface area contributed by atoms with Crippen LogP contribution in [-0.4, -0.2) is 48.5 Å². The second-order valence-corrected chi connectivity index (χ2v) is 10.7. The maximum Gasteiger partial charge on any atom is 0.223 e. The van der Waals surface area contributed by atoms with Gasteiger partial charge in [-0.05, 0) is 81.8 Å². The van der Waals surface area contributed by atoms with Crippen LogP contribution in [-0.2, 0) is 6.42 Å². The Morgan fingerprint density at radius 1 is 1.05 bits per heavy atom. The van der Waals surface area contributed by atoms with Crippen molar-refractivity contribution in [2.75, 3.05) is 18.4 Å². The number of fused-ring (bicyclic) bond motifs is 1. The van der Waals surface area contributed by atoms with Crippen LogP contribution in [0.3, 0.4) is 0 Å². The SMILES string of the molecule is CCc1cccn2c(-c3nc(N[C@@H](C)c4ccc(C(O)C5CCN(C(C)C)CC5)cc4)ncc3C#N)cnc12. The van der Waals surface area contributed by atoms with Crippen LogP contribution in [0.25, 0.3) is 17.0 Å². The molecule has 8 nitrogen and oxygen atoms in total. The Morgan fingerprint density at radius 3 is 2.44 bits per heavy atom. The van der Waals surface area contributed by atoms with Gasteiger partial charge >= 0.3 is 0 Å². The normalized spacial score (nSPS) is 16.3. The smallest absolute Gasteiger partial charge is 0.223 e. The Labute approximate surface area is 230 Å². The van der Waals surface area contributed by atoms with Crippen LogP contribution in [0.4, 0.5) is 5.95 Å². The lowest BCUT2D eigenvalue weighted by atomic mass is 9.86. The molecule has 4 heterocycles. The molecular weight excluding hydrogens is 486 g/mol. The molecule has 1 unspecified atom stereocenters. The molecule has 4 aromatic rings. The number of piperidine rings is 1. The van der Waals surface area contributed by atoms with Crippen LogP contribution >= 0.6 is 0 Å². The predicted molar refractivity (Wildman–Crippen MR) is 153 cm³/mol. The molecule has 0 bridgehead atoms. The molecule has 1 aromatic carbocycles. The van der Waals surface area contributed by atoms with Gasteiger partial charge in [0.15, 0.2) is 0 Å². The van der Waals surface area contributed by atoms with Crippen molar-refractivity contribution >= 4 is 11.6 Å². The molecule has 1 fully saturated rings. The van der Waals surface area contributed by atoms with Crippen LogP contribution in [0.15, 0.2) is 55.0 Å². The number of likely N-dealkylation sites (tertiary alicyclic amines) is 1. The Bertz CT molecular complexity index is 1460. The number of pyridine rings is 1. The molecule has 1 saturated heterocycles. The fourth-order valence-corrected chi connectivity index (χ4v) is 5.53. The monoisotopic (exact) mass is 523 g/mol. The summed E-state index contributed by atoms with van der Waals surface area (Å²) in [5.74, 6) is 0.735. The third-order valence-electron chi connectivity index (χ3n) is 8.02. The van der Waals surface area contributed by atoms with Crippen molar-refractivity contribution in [3.63, 3.8) is 0 Å². The van der Waals surface area contributed by atoms with E-state index in [-0.39, 0.29) is 6.04 Å². The van der Waals surface area contributed by atoms with Gasteiger partial charge in [-0.1, -0.05) is 37.3 Å². The minimum absolute atomic E-state index is 0.0693. The highest BCUT2D eigenvalue weighted by molar-refractivity contribution is 5.68. The fourth-order valence-electron chi connectivity index (χ4n) is 5.53. The number of nitriles is 1. The average molecular weight is 524 g/mol. The molecule has 1 aliphatic heterocycles. The highest BCUT2D eigenvalue weighted by atomic mass is 16.3. The summed E-state index contributed by atoms with van der Waals surface area (Å²) in [6, 6.07) is 14.9. The van der Waals surface area contributed by atoms with Crippen molar-refractivity contribution in [3.8, 4) is 17.5 Å². The first-order valence-electron chi connectivity index (χ1n) is 13.9. The van der Waals surface area contributed by atoms with Gasteiger partial charge in [0.25, 0.3) is 0 Å². The number of aliphatic hydroxyl groups is 1. The van der Waals surface area contributed by atoms with Gasteiger partial charge in [0.1, 0.15) is 17.4 Å². The number of benzene rings is 1. The number of imidazole rings is 1. The average Bonchev–Trinajstić information content (AvgIpc) is 3.41. The standard InChI is InChI=1S/C31H37N7O/c1-5-22-7-6-14-38-27(19-33-30(22)38)28-26(17-32)18-34-31(36-28)35-21(4)23-8-10-24(11-9-23)29(39)25-12-15-37(16-13-25)20(2)3/h6-11,14,18-21,25,29,39H,5,12-13,15-16H2,1-4H3,(H,34,35,36)/t21-,29?/m0/s1. The summed E-state index contributed by atoms with van der Waals surface area (Å²) < 4.78 is 1.98. The predicted octanol–water partition coefficient (Wildman–Crippen LogP) is 5.55. The van der Waals surface area contributed by atoms with Crippen molar-refractivity contribution in [2.45, 2.75) is 65.1 Å². The van der Waals surface area contributed by atoms with Crippen LogP contribution < -0.4 is 5.32 Å². The first-order chi connectivity index (χ1) is 18.9. The number of anilines is 1. The molecular formula is C31H37N7O. The van der Waals surface area contributed by atoms with Gasteiger partial charge in [0, 0.05) is 12.2 Å². The van der Waals surface area contributed by atoms with E-state index in [0.29, 0.717) is 29.2 Å². The maximum absolute atomic E-state index is 11.0. The summed E-state index contributed by atoms with van der Waals surface area (Å²) in [6.07, 6.45) is 7.73. The van der Waals surface area contributed by atoms with E-state index in [4.69, 9.17) is 4.98 Å². The Kier molecular flexibility index (Phi) is 7.92. The number of aromatic nitrogens is 4. The fraction of sp³-hybridized carbons (Fsp3) is 0.419. The molecule has 8 heteroatoms. The topological polar surface area (TPSA) is 102 Å². The van der Waals surface area contributed by atoms with E-state index in [1.807, 2.05) is 28.8 Å². The number of hydrogen-bond donors (Lipinski definition) is 2. The Balaban J connectivity index is 1.31. The van der Waals surface area contributed by atoms with Gasteiger partial charge in [0.05, 0.1) is 35.8 Å². The third kappa shape index (κ3) is 5.51. The molecule has 0 amide bonds. The zero-order valence-electron chi connectivity index (χ0n) is 23.2. The van der Waals surface area contributed by atoms with Crippen molar-refractivity contribution in [1.29, 1.82) is 5.26 Å². The molecule has 0 saturated carbocycles. The summed E-state index contributed by atoms with van der Waals surface area (Å²) in [4.78, 5) is 16.2. The van der Waals surface area contributed by atoms with E-state index < -0.39 is 6.10 Å². The lowest BCUT2D eigenvalue weighted by molar-refractivity contribution is 0.0499. The number of rotatable bonds is 8. The van der Waals surface area contributed by atoms with Gasteiger partial charge in [0.2, 0.25) is 5.95 Å². The van der Waals surface area contributed by atoms with E-state index in [1.165, 1.54) is 0 Å². The third-order valence-corrected chi connectivity index (χ3v) is 8.02. The van der Waals surface area contributed by atoms with E-state index in [0.717, 1.165) is 60.4 Å². The van der Waals surface area contributed by atoms with E-state index in [9.17, 15) is 10.4 Å². The van der Waals surface area contributed by atoms with E-state index >= 15 is 0 Å². The molecule has 202 valence electrons. The number of nitrogens with zero attached hydrogens (tertiary/aromatic N) is 6. The molecule has 0 spiro atoms. The molecule has 3 aromatic heterocycles. The maximum atomic E-state index is 11.0. The van der Waals surface area contributed by atoms with Crippen molar-refractivity contribution in [1.82, 2.24) is 24.3 Å². The zero-order chi connectivity index (χ0) is 27.5. The molecule has 2 atom stereocenters. The quantitative estimate of drug-likeness (QED) is 0.312. The number of aliphatic hydroxyl groups excluding tert-OH is 1. The summed E-state index contributed by atoms with van der Waals surface area (Å²) in [7, 11) is 0. The molecule has 39 heavy (non-hydrogen) atoms. The van der Waals surface area contributed by atoms with Gasteiger partial charge in [-0.2, -0.15) is 5.26 Å². The van der Waals surface area contributed by atoms with Crippen LogP contribution in [0, 0.1) is 17.2 Å². The minimum atomic E-state index is -0.445. The summed E-state index contributed by atoms with van der Waals surface area (Å²) in [6.45, 7) is 10.7. The molecule has 2 N–H and O–H groups in total. The molecule has 1 aliphatic rings. The van der Waals surface area contributed by atoms with Crippen molar-refractivity contribution in [2.24, 2.45) is 5.92 Å². The highest BCUT2D eigenvalue weighted by Crippen LogP contribution is 2.32. The molecule has 0 radical (unpaired) electrons. The minimum Gasteiger partial charge on any atom is -0.388 e. The first kappa shape index (κ1) is 26.8. The van der Waals surface area contributed by atoms with Gasteiger partial charge in [-0.15, -0.1) is 0 Å². The van der Waals surface area contributed by atoms with Crippen molar-refractivity contribution < 1.29 is 5.11 Å². The van der Waals surface area contributed by atoms with Crippen molar-refractivity contribution in [3.05, 3.63) is 77.2 Å².